The molecule has 4 rings (SSSR count). The van der Waals surface area contributed by atoms with Crippen LogP contribution in [0.4, 0.5) is 21.0 Å². The second kappa shape index (κ2) is 10.8. The zero-order valence-corrected chi connectivity index (χ0v) is 18.7. The Balaban J connectivity index is 1.30. The first kappa shape index (κ1) is 22.6. The second-order valence-electron chi connectivity index (χ2n) is 7.61. The molecule has 0 heterocycles. The summed E-state index contributed by atoms with van der Waals surface area (Å²) in [4.78, 5) is 25.9. The zero-order chi connectivity index (χ0) is 23.8. The summed E-state index contributed by atoms with van der Waals surface area (Å²) in [5.41, 5.74) is 3.57. The van der Waals surface area contributed by atoms with Gasteiger partial charge in [-0.2, -0.15) is 0 Å². The van der Waals surface area contributed by atoms with Gasteiger partial charge in [0, 0.05) is 18.4 Å². The second-order valence-corrected chi connectivity index (χ2v) is 7.61. The largest absolute Gasteiger partial charge is 0.419 e. The molecule has 0 aromatic heterocycles. The average molecular weight is 453 g/mol. The summed E-state index contributed by atoms with van der Waals surface area (Å²) < 4.78 is 10.6. The Morgan fingerprint density at radius 1 is 0.676 bits per heavy atom. The van der Waals surface area contributed by atoms with Crippen LogP contribution in [-0.4, -0.2) is 19.2 Å². The van der Waals surface area contributed by atoms with Crippen molar-refractivity contribution in [1.82, 2.24) is 0 Å². The minimum absolute atomic E-state index is 0.451. The number of anilines is 2. The first-order valence-electron chi connectivity index (χ1n) is 10.8. The van der Waals surface area contributed by atoms with Crippen molar-refractivity contribution in [3.63, 3.8) is 0 Å². The van der Waals surface area contributed by atoms with E-state index in [1.165, 1.54) is 4.90 Å². The van der Waals surface area contributed by atoms with Crippen LogP contribution >= 0.6 is 0 Å². The molecule has 4 aromatic carbocycles. The fourth-order valence-corrected chi connectivity index (χ4v) is 3.28. The molecule has 6 heteroatoms. The van der Waals surface area contributed by atoms with Gasteiger partial charge in [-0.25, -0.2) is 9.59 Å². The number of para-hydroxylation sites is 2. The van der Waals surface area contributed by atoms with Crippen LogP contribution < -0.4 is 19.7 Å². The van der Waals surface area contributed by atoms with E-state index in [4.69, 9.17) is 9.47 Å². The highest BCUT2D eigenvalue weighted by Gasteiger charge is 2.13. The quantitative estimate of drug-likeness (QED) is 0.361. The fraction of sp³-hybridized carbons (Fsp3) is 0.0714. The standard InChI is InChI=1S/C28H24N2O4/c1-30(28(32)34-26-10-6-3-7-11-26)24-18-14-22(15-19-24)20-21-12-16-23(17-13-21)29-27(31)33-25-8-4-2-5-9-25/h2-19H,20H2,1H3,(H,29,31). The molecule has 0 bridgehead atoms. The molecule has 0 saturated carbocycles. The van der Waals surface area contributed by atoms with E-state index in [0.29, 0.717) is 23.6 Å². The van der Waals surface area contributed by atoms with Gasteiger partial charge in [0.15, 0.2) is 0 Å². The van der Waals surface area contributed by atoms with Crippen LogP contribution in [0.25, 0.3) is 0 Å². The van der Waals surface area contributed by atoms with E-state index in [9.17, 15) is 9.59 Å². The van der Waals surface area contributed by atoms with Crippen molar-refractivity contribution in [2.75, 3.05) is 17.3 Å². The van der Waals surface area contributed by atoms with E-state index in [1.807, 2.05) is 72.8 Å². The Labute approximate surface area is 198 Å². The lowest BCUT2D eigenvalue weighted by Crippen LogP contribution is -2.29. The molecule has 4 aromatic rings. The molecule has 2 amide bonds. The number of hydrogen-bond acceptors (Lipinski definition) is 4. The van der Waals surface area contributed by atoms with Crippen molar-refractivity contribution in [2.45, 2.75) is 6.42 Å². The molecular formula is C28H24N2O4. The molecule has 170 valence electrons. The number of carbonyl (C=O) groups is 2. The molecule has 0 aliphatic rings. The number of ether oxygens (including phenoxy) is 2. The Bertz CT molecular complexity index is 1230. The number of nitrogens with zero attached hydrogens (tertiary/aromatic N) is 1. The SMILES string of the molecule is CN(C(=O)Oc1ccccc1)c1ccc(Cc2ccc(NC(=O)Oc3ccccc3)cc2)cc1. The molecule has 0 radical (unpaired) electrons. The minimum atomic E-state index is -0.538. The predicted molar refractivity (Wildman–Crippen MR) is 133 cm³/mol. The van der Waals surface area contributed by atoms with Crippen LogP contribution in [0.2, 0.25) is 0 Å². The monoisotopic (exact) mass is 452 g/mol. The Hall–Kier alpha value is -4.58. The summed E-state index contributed by atoms with van der Waals surface area (Å²) in [5.74, 6) is 0.987. The van der Waals surface area contributed by atoms with Crippen LogP contribution in [0.3, 0.4) is 0 Å². The van der Waals surface area contributed by atoms with Gasteiger partial charge in [-0.15, -0.1) is 0 Å². The third-order valence-electron chi connectivity index (χ3n) is 5.11. The van der Waals surface area contributed by atoms with Gasteiger partial charge in [-0.05, 0) is 66.1 Å². The van der Waals surface area contributed by atoms with Gasteiger partial charge in [0.1, 0.15) is 11.5 Å². The van der Waals surface area contributed by atoms with Crippen molar-refractivity contribution >= 4 is 23.6 Å². The summed E-state index contributed by atoms with van der Waals surface area (Å²) in [7, 11) is 1.68. The lowest BCUT2D eigenvalue weighted by Gasteiger charge is -2.17. The maximum absolute atomic E-state index is 12.4. The van der Waals surface area contributed by atoms with Gasteiger partial charge >= 0.3 is 12.2 Å². The fourth-order valence-electron chi connectivity index (χ4n) is 3.28. The molecule has 1 N–H and O–H groups in total. The summed E-state index contributed by atoms with van der Waals surface area (Å²) in [6.07, 6.45) is -0.273. The Kier molecular flexibility index (Phi) is 7.20. The summed E-state index contributed by atoms with van der Waals surface area (Å²) >= 11 is 0. The number of rotatable bonds is 6. The molecule has 0 atom stereocenters. The van der Waals surface area contributed by atoms with E-state index in [0.717, 1.165) is 16.8 Å². The van der Waals surface area contributed by atoms with E-state index >= 15 is 0 Å². The number of benzene rings is 4. The topological polar surface area (TPSA) is 67.9 Å². The molecule has 34 heavy (non-hydrogen) atoms. The maximum atomic E-state index is 12.4. The minimum Gasteiger partial charge on any atom is -0.410 e. The van der Waals surface area contributed by atoms with Crippen molar-refractivity contribution < 1.29 is 19.1 Å². The number of carbonyl (C=O) groups excluding carboxylic acids is 2. The highest BCUT2D eigenvalue weighted by molar-refractivity contribution is 5.88. The van der Waals surface area contributed by atoms with Crippen molar-refractivity contribution in [2.24, 2.45) is 0 Å². The van der Waals surface area contributed by atoms with Crippen LogP contribution in [0.15, 0.2) is 109 Å². The van der Waals surface area contributed by atoms with E-state index in [2.05, 4.69) is 5.32 Å². The lowest BCUT2D eigenvalue weighted by atomic mass is 10.0. The Morgan fingerprint density at radius 3 is 1.74 bits per heavy atom. The van der Waals surface area contributed by atoms with Crippen molar-refractivity contribution in [3.8, 4) is 11.5 Å². The Morgan fingerprint density at radius 2 is 1.18 bits per heavy atom. The number of nitrogens with one attached hydrogen (secondary N) is 1. The highest BCUT2D eigenvalue weighted by atomic mass is 16.6. The molecule has 0 fully saturated rings. The van der Waals surface area contributed by atoms with Crippen LogP contribution in [0, 0.1) is 0 Å². The summed E-state index contributed by atoms with van der Waals surface area (Å²) in [6, 6.07) is 33.2. The first-order chi connectivity index (χ1) is 16.6. The first-order valence-corrected chi connectivity index (χ1v) is 10.8. The molecule has 6 nitrogen and oxygen atoms in total. The molecule has 0 aliphatic carbocycles. The van der Waals surface area contributed by atoms with Gasteiger partial charge in [0.2, 0.25) is 0 Å². The predicted octanol–water partition coefficient (Wildman–Crippen LogP) is 6.52. The van der Waals surface area contributed by atoms with E-state index in [-0.39, 0.29) is 0 Å². The van der Waals surface area contributed by atoms with Gasteiger partial charge < -0.3 is 9.47 Å². The van der Waals surface area contributed by atoms with Gasteiger partial charge in [0.05, 0.1) is 0 Å². The number of hydrogen-bond donors (Lipinski definition) is 1. The summed E-state index contributed by atoms with van der Waals surface area (Å²) in [5, 5.41) is 2.72. The van der Waals surface area contributed by atoms with Crippen LogP contribution in [0.5, 0.6) is 11.5 Å². The molecule has 0 aliphatic heterocycles. The van der Waals surface area contributed by atoms with Crippen molar-refractivity contribution in [1.29, 1.82) is 0 Å². The highest BCUT2D eigenvalue weighted by Crippen LogP contribution is 2.20. The normalized spacial score (nSPS) is 10.3. The molecule has 0 unspecified atom stereocenters. The van der Waals surface area contributed by atoms with E-state index in [1.54, 1.807) is 43.4 Å². The van der Waals surface area contributed by atoms with Crippen molar-refractivity contribution in [3.05, 3.63) is 120 Å². The van der Waals surface area contributed by atoms with Crippen LogP contribution in [-0.2, 0) is 6.42 Å². The molecular weight excluding hydrogens is 428 g/mol. The van der Waals surface area contributed by atoms with Gasteiger partial charge in [-0.3, -0.25) is 10.2 Å². The average Bonchev–Trinajstić information content (AvgIpc) is 2.86. The smallest absolute Gasteiger partial charge is 0.410 e. The third-order valence-corrected chi connectivity index (χ3v) is 5.11. The zero-order valence-electron chi connectivity index (χ0n) is 18.7. The van der Waals surface area contributed by atoms with E-state index < -0.39 is 12.2 Å². The molecule has 0 saturated heterocycles. The lowest BCUT2D eigenvalue weighted by molar-refractivity contribution is 0.209. The van der Waals surface area contributed by atoms with Crippen LogP contribution in [0.1, 0.15) is 11.1 Å². The molecule has 0 spiro atoms. The third kappa shape index (κ3) is 6.23. The van der Waals surface area contributed by atoms with Gasteiger partial charge in [-0.1, -0.05) is 60.7 Å². The maximum Gasteiger partial charge on any atom is 0.419 e. The van der Waals surface area contributed by atoms with Gasteiger partial charge in [0.25, 0.3) is 0 Å². The number of amides is 2. The summed E-state index contributed by atoms with van der Waals surface area (Å²) in [6.45, 7) is 0.